The second-order valence-corrected chi connectivity index (χ2v) is 12.4. The fourth-order valence-corrected chi connectivity index (χ4v) is 7.01. The van der Waals surface area contributed by atoms with Crippen LogP contribution >= 0.6 is 0 Å². The lowest BCUT2D eigenvalue weighted by atomic mass is 9.87. The summed E-state index contributed by atoms with van der Waals surface area (Å²) < 4.78 is 54.7. The van der Waals surface area contributed by atoms with E-state index in [2.05, 4.69) is 27.9 Å². The largest absolute Gasteiger partial charge is 0.483 e. The molecule has 2 aromatic rings. The second kappa shape index (κ2) is 10.8. The first-order chi connectivity index (χ1) is 20.5. The standard InChI is InChI=1S/C32H37F3N4O4/c1-19-10-8-6-4-5-7-9-11-21-16-31(21,20(2)40)38-29(41)24-17-30(18-39(19)24)15-14-22-26-23(12-13-25(37-26)42-3)36-28(27(22)43-30)32(33,34)35/h9,11-13,21,24H,1,4-8,10,14-18H2,2-3H3,(H,38,41). The Morgan fingerprint density at radius 2 is 1.95 bits per heavy atom. The van der Waals surface area contributed by atoms with Crippen LogP contribution in [0.25, 0.3) is 11.0 Å². The number of hydrogen-bond acceptors (Lipinski definition) is 7. The Bertz CT molecular complexity index is 1510. The predicted octanol–water partition coefficient (Wildman–Crippen LogP) is 5.68. The summed E-state index contributed by atoms with van der Waals surface area (Å²) in [7, 11) is 1.44. The number of amides is 1. The van der Waals surface area contributed by atoms with E-state index in [0.29, 0.717) is 30.3 Å². The first kappa shape index (κ1) is 29.4. The van der Waals surface area contributed by atoms with Gasteiger partial charge in [-0.3, -0.25) is 9.59 Å². The Balaban J connectivity index is 1.36. The van der Waals surface area contributed by atoms with E-state index in [1.54, 1.807) is 0 Å². The maximum absolute atomic E-state index is 14.4. The molecule has 1 saturated heterocycles. The lowest BCUT2D eigenvalue weighted by molar-refractivity contribution is -0.144. The number of pyridine rings is 2. The Kier molecular flexibility index (Phi) is 7.41. The van der Waals surface area contributed by atoms with Crippen LogP contribution in [0.4, 0.5) is 13.2 Å². The third-order valence-corrected chi connectivity index (χ3v) is 9.54. The Morgan fingerprint density at radius 1 is 1.16 bits per heavy atom. The van der Waals surface area contributed by atoms with Crippen LogP contribution in [0.15, 0.2) is 36.6 Å². The molecule has 0 aromatic carbocycles. The highest BCUT2D eigenvalue weighted by molar-refractivity contribution is 5.96. The van der Waals surface area contributed by atoms with Crippen LogP contribution in [-0.2, 0) is 22.2 Å². The number of Topliss-reactive ketones (excluding diaryl/α,β-unsaturated/α-hetero) is 1. The fraction of sp³-hybridized carbons (Fsp3) is 0.562. The maximum atomic E-state index is 14.4. The zero-order valence-corrected chi connectivity index (χ0v) is 24.6. The number of aryl methyl sites for hydroxylation is 1. The highest BCUT2D eigenvalue weighted by atomic mass is 19.4. The molecule has 4 unspecified atom stereocenters. The number of rotatable bonds is 2. The third-order valence-electron chi connectivity index (χ3n) is 9.54. The van der Waals surface area contributed by atoms with Gasteiger partial charge in [0.05, 0.1) is 24.7 Å². The van der Waals surface area contributed by atoms with Crippen molar-refractivity contribution in [1.82, 2.24) is 20.2 Å². The molecule has 4 aliphatic rings. The molecule has 43 heavy (non-hydrogen) atoms. The number of hydrogen-bond donors (Lipinski definition) is 1. The summed E-state index contributed by atoms with van der Waals surface area (Å²) in [5.41, 5.74) is -1.63. The van der Waals surface area contributed by atoms with Crippen molar-refractivity contribution in [3.63, 3.8) is 0 Å². The van der Waals surface area contributed by atoms with E-state index in [1.807, 2.05) is 11.0 Å². The van der Waals surface area contributed by atoms with Gasteiger partial charge in [-0.1, -0.05) is 31.6 Å². The third kappa shape index (κ3) is 5.35. The Morgan fingerprint density at radius 3 is 2.70 bits per heavy atom. The van der Waals surface area contributed by atoms with Gasteiger partial charge in [0, 0.05) is 29.7 Å². The van der Waals surface area contributed by atoms with Gasteiger partial charge < -0.3 is 19.7 Å². The van der Waals surface area contributed by atoms with Crippen molar-refractivity contribution in [2.45, 2.75) is 94.5 Å². The molecule has 8 nitrogen and oxygen atoms in total. The molecule has 6 rings (SSSR count). The molecular weight excluding hydrogens is 561 g/mol. The molecule has 5 heterocycles. The number of alkyl halides is 3. The highest BCUT2D eigenvalue weighted by Crippen LogP contribution is 2.50. The molecule has 4 atom stereocenters. The summed E-state index contributed by atoms with van der Waals surface area (Å²) in [5.74, 6) is -0.566. The summed E-state index contributed by atoms with van der Waals surface area (Å²) in [5, 5.41) is 3.05. The van der Waals surface area contributed by atoms with Crippen LogP contribution in [0.1, 0.15) is 76.0 Å². The number of carbonyl (C=O) groups is 2. The summed E-state index contributed by atoms with van der Waals surface area (Å²) in [4.78, 5) is 36.9. The highest BCUT2D eigenvalue weighted by Gasteiger charge is 2.60. The van der Waals surface area contributed by atoms with Crippen LogP contribution in [0.3, 0.4) is 0 Å². The molecule has 11 heteroatoms. The molecule has 0 bridgehead atoms. The van der Waals surface area contributed by atoms with E-state index in [0.717, 1.165) is 37.8 Å². The number of ketones is 1. The van der Waals surface area contributed by atoms with E-state index in [9.17, 15) is 22.8 Å². The minimum atomic E-state index is -4.76. The zero-order chi connectivity index (χ0) is 30.6. The van der Waals surface area contributed by atoms with Crippen LogP contribution in [0.2, 0.25) is 0 Å². The van der Waals surface area contributed by atoms with Gasteiger partial charge in [0.25, 0.3) is 0 Å². The van der Waals surface area contributed by atoms with E-state index in [-0.39, 0.29) is 54.1 Å². The number of carbonyl (C=O) groups excluding carboxylic acids is 2. The van der Waals surface area contributed by atoms with Crippen molar-refractivity contribution in [2.75, 3.05) is 13.7 Å². The molecule has 1 amide bonds. The fourth-order valence-electron chi connectivity index (χ4n) is 7.01. The van der Waals surface area contributed by atoms with Crippen LogP contribution in [0.5, 0.6) is 11.6 Å². The van der Waals surface area contributed by atoms with Gasteiger partial charge in [-0.05, 0) is 57.9 Å². The number of fused-ring (bicyclic) bond motifs is 5. The minimum Gasteiger partial charge on any atom is -0.483 e. The lowest BCUT2D eigenvalue weighted by Crippen LogP contribution is -2.51. The molecule has 1 N–H and O–H groups in total. The number of nitrogens with one attached hydrogen (secondary N) is 1. The molecule has 2 aromatic heterocycles. The summed E-state index contributed by atoms with van der Waals surface area (Å²) in [6.07, 6.45) is 6.32. The van der Waals surface area contributed by atoms with E-state index >= 15 is 0 Å². The van der Waals surface area contributed by atoms with Crippen molar-refractivity contribution in [3.8, 4) is 11.6 Å². The minimum absolute atomic E-state index is 0.0675. The summed E-state index contributed by atoms with van der Waals surface area (Å²) in [6, 6.07) is 2.21. The van der Waals surface area contributed by atoms with E-state index in [4.69, 9.17) is 9.47 Å². The van der Waals surface area contributed by atoms with Gasteiger partial charge >= 0.3 is 6.18 Å². The average molecular weight is 599 g/mol. The topological polar surface area (TPSA) is 93.7 Å². The van der Waals surface area contributed by atoms with Gasteiger partial charge in [-0.15, -0.1) is 0 Å². The predicted molar refractivity (Wildman–Crippen MR) is 154 cm³/mol. The Hall–Kier alpha value is -3.63. The lowest BCUT2D eigenvalue weighted by Gasteiger charge is -2.37. The number of halogens is 3. The Labute approximate surface area is 248 Å². The zero-order valence-electron chi connectivity index (χ0n) is 24.6. The quantitative estimate of drug-likeness (QED) is 0.445. The number of ether oxygens (including phenoxy) is 2. The van der Waals surface area contributed by atoms with Crippen LogP contribution < -0.4 is 14.8 Å². The second-order valence-electron chi connectivity index (χ2n) is 12.4. The first-order valence-electron chi connectivity index (χ1n) is 15.0. The molecule has 230 valence electrons. The van der Waals surface area contributed by atoms with Crippen molar-refractivity contribution >= 4 is 22.7 Å². The molecule has 1 saturated carbocycles. The van der Waals surface area contributed by atoms with Crippen molar-refractivity contribution in [3.05, 3.63) is 47.8 Å². The molecule has 1 aliphatic carbocycles. The van der Waals surface area contributed by atoms with E-state index in [1.165, 1.54) is 26.2 Å². The monoisotopic (exact) mass is 598 g/mol. The number of methoxy groups -OCH3 is 1. The van der Waals surface area contributed by atoms with Crippen molar-refractivity contribution < 1.29 is 32.2 Å². The average Bonchev–Trinajstić information content (AvgIpc) is 3.54. The van der Waals surface area contributed by atoms with Gasteiger partial charge in [0.2, 0.25) is 11.8 Å². The molecule has 3 aliphatic heterocycles. The van der Waals surface area contributed by atoms with Crippen LogP contribution in [-0.4, -0.2) is 57.4 Å². The van der Waals surface area contributed by atoms with Gasteiger partial charge in [0.15, 0.2) is 17.2 Å². The molecular formula is C32H37F3N4O4. The van der Waals surface area contributed by atoms with Crippen molar-refractivity contribution in [1.29, 1.82) is 0 Å². The number of allylic oxidation sites excluding steroid dienone is 2. The van der Waals surface area contributed by atoms with Gasteiger partial charge in [-0.25, -0.2) is 9.97 Å². The normalized spacial score (nSPS) is 29.6. The number of aromatic nitrogens is 2. The maximum Gasteiger partial charge on any atom is 0.437 e. The molecule has 1 spiro atoms. The van der Waals surface area contributed by atoms with Gasteiger partial charge in [-0.2, -0.15) is 13.2 Å². The van der Waals surface area contributed by atoms with Crippen molar-refractivity contribution in [2.24, 2.45) is 5.92 Å². The smallest absolute Gasteiger partial charge is 0.437 e. The number of nitrogens with zero attached hydrogens (tertiary/aromatic N) is 3. The molecule has 2 fully saturated rings. The first-order valence-corrected chi connectivity index (χ1v) is 15.0. The van der Waals surface area contributed by atoms with Crippen LogP contribution in [0, 0.1) is 5.92 Å². The summed E-state index contributed by atoms with van der Waals surface area (Å²) >= 11 is 0. The molecule has 0 radical (unpaired) electrons. The van der Waals surface area contributed by atoms with E-state index < -0.39 is 29.1 Å². The SMILES string of the molecule is C=C1CCCCCCC=CC2CC2(C(C)=O)NC(=O)C2CC3(CCc4c(c(C(F)(F)F)nc5ccc(OC)nc45)O3)CN12. The summed E-state index contributed by atoms with van der Waals surface area (Å²) in [6.45, 7) is 6.00. The van der Waals surface area contributed by atoms with Gasteiger partial charge in [0.1, 0.15) is 17.2 Å².